The van der Waals surface area contributed by atoms with Crippen molar-refractivity contribution < 1.29 is 15.0 Å². The van der Waals surface area contributed by atoms with Crippen molar-refractivity contribution in [1.82, 2.24) is 0 Å². The molecule has 0 aliphatic rings. The highest BCUT2D eigenvalue weighted by Gasteiger charge is 2.12. The van der Waals surface area contributed by atoms with Gasteiger partial charge in [-0.3, -0.25) is 9.79 Å². The Balaban J connectivity index is 1.59. The minimum Gasteiger partial charge on any atom is -0.506 e. The number of anilines is 1. The highest BCUT2D eigenvalue weighted by Crippen LogP contribution is 2.40. The largest absolute Gasteiger partial charge is 0.506 e. The molecule has 0 radical (unpaired) electrons. The molecule has 0 spiro atoms. The summed E-state index contributed by atoms with van der Waals surface area (Å²) in [7, 11) is 0. The average Bonchev–Trinajstić information content (AvgIpc) is 2.68. The number of hydrogen-bond acceptors (Lipinski definition) is 5. The number of aromatic hydroxyl groups is 2. The molecule has 0 amide bonds. The predicted molar refractivity (Wildman–Crippen MR) is 115 cm³/mol. The Hall–Kier alpha value is -2.38. The van der Waals surface area contributed by atoms with Gasteiger partial charge in [0.1, 0.15) is 16.0 Å². The lowest BCUT2D eigenvalue weighted by Gasteiger charge is -2.07. The minimum atomic E-state index is -0.138. The first-order valence-corrected chi connectivity index (χ1v) is 9.68. The number of ketones is 1. The van der Waals surface area contributed by atoms with Gasteiger partial charge >= 0.3 is 0 Å². The summed E-state index contributed by atoms with van der Waals surface area (Å²) in [6.07, 6.45) is 1.40. The predicted octanol–water partition coefficient (Wildman–Crippen LogP) is 4.88. The summed E-state index contributed by atoms with van der Waals surface area (Å²) in [6.45, 7) is 0.140. The number of halogens is 2. The summed E-state index contributed by atoms with van der Waals surface area (Å²) in [4.78, 5) is 16.1. The van der Waals surface area contributed by atoms with Crippen LogP contribution in [0.5, 0.6) is 11.5 Å². The summed E-state index contributed by atoms with van der Waals surface area (Å²) in [5.41, 5.74) is 1.26. The van der Waals surface area contributed by atoms with Crippen LogP contribution in [0, 0.1) is 0 Å². The molecule has 3 N–H and O–H groups in total. The topological polar surface area (TPSA) is 81.9 Å². The molecule has 0 aliphatic carbocycles. The van der Waals surface area contributed by atoms with E-state index in [9.17, 15) is 15.0 Å². The lowest BCUT2D eigenvalue weighted by Crippen LogP contribution is -2.16. The van der Waals surface area contributed by atoms with Gasteiger partial charge in [-0.2, -0.15) is 0 Å². The Kier molecular flexibility index (Phi) is 6.13. The third-order valence-corrected chi connectivity index (χ3v) is 5.29. The third-order valence-electron chi connectivity index (χ3n) is 3.93. The Morgan fingerprint density at radius 3 is 2.56 bits per heavy atom. The van der Waals surface area contributed by atoms with Gasteiger partial charge in [-0.15, -0.1) is 0 Å². The van der Waals surface area contributed by atoms with Crippen LogP contribution in [0.15, 0.2) is 62.5 Å². The Bertz CT molecular complexity index is 1040. The number of carbonyl (C=O) groups is 1. The van der Waals surface area contributed by atoms with Crippen molar-refractivity contribution in [2.24, 2.45) is 4.99 Å². The second-order valence-electron chi connectivity index (χ2n) is 5.88. The standard InChI is InChI=1S/C20H16Br2N2O3/c21-17-8-14(19(26)18(22)20(17)27)9-23-10-16(25)11-24-15-6-5-12-3-1-2-4-13(12)7-15/h1-9,24,26-27H,10-11H2. The molecule has 0 heterocycles. The van der Waals surface area contributed by atoms with Gasteiger partial charge < -0.3 is 15.5 Å². The van der Waals surface area contributed by atoms with Crippen LogP contribution >= 0.6 is 31.9 Å². The van der Waals surface area contributed by atoms with E-state index in [1.807, 2.05) is 42.5 Å². The molecule has 138 valence electrons. The number of phenolic OH excluding ortho intramolecular Hbond substituents is 2. The van der Waals surface area contributed by atoms with Crippen LogP contribution < -0.4 is 5.32 Å². The molecule has 0 saturated heterocycles. The lowest BCUT2D eigenvalue weighted by atomic mass is 10.1. The van der Waals surface area contributed by atoms with Gasteiger partial charge in [0, 0.05) is 17.5 Å². The van der Waals surface area contributed by atoms with Crippen molar-refractivity contribution in [1.29, 1.82) is 0 Å². The number of aliphatic imine (C=N–C) groups is 1. The van der Waals surface area contributed by atoms with Gasteiger partial charge in [-0.25, -0.2) is 0 Å². The van der Waals surface area contributed by atoms with Crippen molar-refractivity contribution in [2.75, 3.05) is 18.4 Å². The molecule has 0 saturated carbocycles. The zero-order valence-corrected chi connectivity index (χ0v) is 17.3. The van der Waals surface area contributed by atoms with E-state index in [-0.39, 0.29) is 34.8 Å². The monoisotopic (exact) mass is 490 g/mol. The first kappa shape index (κ1) is 19.4. The molecule has 0 bridgehead atoms. The fourth-order valence-corrected chi connectivity index (χ4v) is 3.67. The fourth-order valence-electron chi connectivity index (χ4n) is 2.52. The Morgan fingerprint density at radius 1 is 1.04 bits per heavy atom. The maximum absolute atomic E-state index is 12.0. The number of hydrogen-bond donors (Lipinski definition) is 3. The minimum absolute atomic E-state index is 0.0177. The number of phenols is 2. The quantitative estimate of drug-likeness (QED) is 0.429. The summed E-state index contributed by atoms with van der Waals surface area (Å²) in [5, 5.41) is 25.0. The highest BCUT2D eigenvalue weighted by atomic mass is 79.9. The second kappa shape index (κ2) is 8.54. The number of Topliss-reactive ketones (excluding diaryl/α,β-unsaturated/α-hetero) is 1. The van der Waals surface area contributed by atoms with Gasteiger partial charge in [-0.05, 0) is 60.8 Å². The SMILES string of the molecule is O=C(CN=Cc1cc(Br)c(O)c(Br)c1O)CNc1ccc2ccccc2c1. The normalized spacial score (nSPS) is 11.2. The van der Waals surface area contributed by atoms with Crippen molar-refractivity contribution in [3.05, 3.63) is 63.0 Å². The van der Waals surface area contributed by atoms with Crippen LogP contribution in [-0.2, 0) is 4.79 Å². The maximum Gasteiger partial charge on any atom is 0.173 e. The van der Waals surface area contributed by atoms with E-state index in [2.05, 4.69) is 42.2 Å². The van der Waals surface area contributed by atoms with E-state index in [0.717, 1.165) is 16.5 Å². The number of rotatable bonds is 6. The summed E-state index contributed by atoms with van der Waals surface area (Å²) in [6, 6.07) is 15.5. The van der Waals surface area contributed by atoms with Crippen LogP contribution in [0.2, 0.25) is 0 Å². The summed E-state index contributed by atoms with van der Waals surface area (Å²) >= 11 is 6.29. The molecule has 0 aliphatic heterocycles. The van der Waals surface area contributed by atoms with Crippen LogP contribution in [-0.4, -0.2) is 35.3 Å². The molecule has 3 aromatic carbocycles. The van der Waals surface area contributed by atoms with Crippen molar-refractivity contribution >= 4 is 60.3 Å². The number of carbonyl (C=O) groups excluding carboxylic acids is 1. The van der Waals surface area contributed by atoms with Crippen LogP contribution in [0.4, 0.5) is 5.69 Å². The Morgan fingerprint density at radius 2 is 1.78 bits per heavy atom. The second-order valence-corrected chi connectivity index (χ2v) is 7.53. The molecule has 0 unspecified atom stereocenters. The summed E-state index contributed by atoms with van der Waals surface area (Å²) in [5.74, 6) is -0.322. The molecule has 0 atom stereocenters. The molecule has 27 heavy (non-hydrogen) atoms. The van der Waals surface area contributed by atoms with Crippen molar-refractivity contribution in [3.8, 4) is 11.5 Å². The van der Waals surface area contributed by atoms with Crippen molar-refractivity contribution in [3.63, 3.8) is 0 Å². The summed E-state index contributed by atoms with van der Waals surface area (Å²) < 4.78 is 0.584. The Labute approximate surface area is 173 Å². The molecule has 3 rings (SSSR count). The van der Waals surface area contributed by atoms with E-state index in [4.69, 9.17) is 0 Å². The number of fused-ring (bicyclic) bond motifs is 1. The molecule has 3 aromatic rings. The molecule has 0 aromatic heterocycles. The van der Waals surface area contributed by atoms with Gasteiger partial charge in [0.05, 0.1) is 17.6 Å². The zero-order chi connectivity index (χ0) is 19.4. The smallest absolute Gasteiger partial charge is 0.173 e. The molecule has 0 fully saturated rings. The highest BCUT2D eigenvalue weighted by molar-refractivity contribution is 9.11. The number of benzene rings is 3. The number of nitrogens with zero attached hydrogens (tertiary/aromatic N) is 1. The van der Waals surface area contributed by atoms with E-state index >= 15 is 0 Å². The fraction of sp³-hybridized carbons (Fsp3) is 0.100. The molecule has 5 nitrogen and oxygen atoms in total. The van der Waals surface area contributed by atoms with E-state index in [1.54, 1.807) is 0 Å². The maximum atomic E-state index is 12.0. The third kappa shape index (κ3) is 4.67. The molecular formula is C20H16Br2N2O3. The van der Waals surface area contributed by atoms with Crippen molar-refractivity contribution in [2.45, 2.75) is 0 Å². The van der Waals surface area contributed by atoms with Gasteiger partial charge in [0.25, 0.3) is 0 Å². The lowest BCUT2D eigenvalue weighted by molar-refractivity contribution is -0.116. The first-order chi connectivity index (χ1) is 13.0. The van der Waals surface area contributed by atoms with Gasteiger partial charge in [-0.1, -0.05) is 30.3 Å². The first-order valence-electron chi connectivity index (χ1n) is 8.10. The molecule has 7 heteroatoms. The van der Waals surface area contributed by atoms with Crippen LogP contribution in [0.3, 0.4) is 0 Å². The number of nitrogens with one attached hydrogen (secondary N) is 1. The van der Waals surface area contributed by atoms with E-state index < -0.39 is 0 Å². The van der Waals surface area contributed by atoms with Gasteiger partial charge in [0.15, 0.2) is 5.78 Å². The van der Waals surface area contributed by atoms with E-state index in [0.29, 0.717) is 10.0 Å². The zero-order valence-electron chi connectivity index (χ0n) is 14.1. The van der Waals surface area contributed by atoms with Gasteiger partial charge in [0.2, 0.25) is 0 Å². The average molecular weight is 492 g/mol. The molecular weight excluding hydrogens is 476 g/mol. The van der Waals surface area contributed by atoms with Crippen LogP contribution in [0.25, 0.3) is 10.8 Å². The van der Waals surface area contributed by atoms with E-state index in [1.165, 1.54) is 12.3 Å². The van der Waals surface area contributed by atoms with Crippen LogP contribution in [0.1, 0.15) is 5.56 Å².